The van der Waals surface area contributed by atoms with Crippen molar-refractivity contribution >= 4 is 15.9 Å². The summed E-state index contributed by atoms with van der Waals surface area (Å²) in [6.07, 6.45) is 2.98. The Morgan fingerprint density at radius 1 is 1.25 bits per heavy atom. The quantitative estimate of drug-likeness (QED) is 0.751. The van der Waals surface area contributed by atoms with Gasteiger partial charge >= 0.3 is 0 Å². The van der Waals surface area contributed by atoms with Gasteiger partial charge in [-0.15, -0.1) is 0 Å². The molecule has 1 aromatic heterocycles. The van der Waals surface area contributed by atoms with Gasteiger partial charge < -0.3 is 10.1 Å². The summed E-state index contributed by atoms with van der Waals surface area (Å²) in [5.41, 5.74) is 1.19. The number of aromatic nitrogens is 2. The van der Waals surface area contributed by atoms with Crippen LogP contribution < -0.4 is 10.1 Å². The zero-order valence-electron chi connectivity index (χ0n) is 11.7. The summed E-state index contributed by atoms with van der Waals surface area (Å²) >= 11 is 3.41. The zero-order valence-corrected chi connectivity index (χ0v) is 13.3. The third-order valence-electron chi connectivity index (χ3n) is 2.92. The first-order valence-electron chi connectivity index (χ1n) is 6.89. The van der Waals surface area contributed by atoms with Gasteiger partial charge in [-0.3, -0.25) is 4.68 Å². The van der Waals surface area contributed by atoms with Crippen LogP contribution in [0.1, 0.15) is 19.0 Å². The van der Waals surface area contributed by atoms with Crippen LogP contribution in [0.15, 0.2) is 41.0 Å². The Bertz CT molecular complexity index is 510. The highest BCUT2D eigenvalue weighted by atomic mass is 79.9. The number of halogens is 1. The molecule has 108 valence electrons. The number of nitrogens with zero attached hydrogens (tertiary/aromatic N) is 2. The molecular formula is C15H20BrN3O. The number of nitrogens with one attached hydrogen (secondary N) is 1. The second kappa shape index (κ2) is 8.07. The van der Waals surface area contributed by atoms with E-state index in [4.69, 9.17) is 4.74 Å². The molecule has 0 spiro atoms. The molecule has 1 heterocycles. The Kier molecular flexibility index (Phi) is 6.08. The largest absolute Gasteiger partial charge is 0.492 e. The van der Waals surface area contributed by atoms with Crippen LogP contribution in [0.5, 0.6) is 5.75 Å². The average Bonchev–Trinajstić information content (AvgIpc) is 2.89. The highest BCUT2D eigenvalue weighted by Gasteiger charge is 2.02. The van der Waals surface area contributed by atoms with Crippen LogP contribution >= 0.6 is 15.9 Å². The van der Waals surface area contributed by atoms with Crippen molar-refractivity contribution in [3.05, 3.63) is 46.7 Å². The van der Waals surface area contributed by atoms with Gasteiger partial charge in [-0.05, 0) is 43.3 Å². The van der Waals surface area contributed by atoms with Crippen molar-refractivity contribution in [1.82, 2.24) is 15.1 Å². The van der Waals surface area contributed by atoms with E-state index in [-0.39, 0.29) is 0 Å². The lowest BCUT2D eigenvalue weighted by Gasteiger charge is -2.10. The van der Waals surface area contributed by atoms with Crippen molar-refractivity contribution in [2.24, 2.45) is 0 Å². The SMILES string of the molecule is CCCNCc1ccnn1CCOc1ccc(Br)cc1. The number of hydrogen-bond donors (Lipinski definition) is 1. The van der Waals surface area contributed by atoms with Crippen molar-refractivity contribution in [2.75, 3.05) is 13.2 Å². The molecule has 20 heavy (non-hydrogen) atoms. The predicted molar refractivity (Wildman–Crippen MR) is 83.9 cm³/mol. The molecule has 4 nitrogen and oxygen atoms in total. The Morgan fingerprint density at radius 2 is 2.05 bits per heavy atom. The molecule has 0 amide bonds. The first kappa shape index (κ1) is 15.1. The lowest BCUT2D eigenvalue weighted by molar-refractivity contribution is 0.288. The van der Waals surface area contributed by atoms with Gasteiger partial charge in [-0.1, -0.05) is 22.9 Å². The summed E-state index contributed by atoms with van der Waals surface area (Å²) in [5.74, 6) is 0.881. The molecule has 0 atom stereocenters. The summed E-state index contributed by atoms with van der Waals surface area (Å²) in [4.78, 5) is 0. The Labute approximate surface area is 128 Å². The summed E-state index contributed by atoms with van der Waals surface area (Å²) < 4.78 is 8.76. The van der Waals surface area contributed by atoms with Gasteiger partial charge in [0.2, 0.25) is 0 Å². The first-order chi connectivity index (χ1) is 9.79. The fourth-order valence-corrected chi connectivity index (χ4v) is 2.15. The van der Waals surface area contributed by atoms with Crippen LogP contribution in [0.25, 0.3) is 0 Å². The zero-order chi connectivity index (χ0) is 14.2. The smallest absolute Gasteiger partial charge is 0.119 e. The maximum absolute atomic E-state index is 5.71. The van der Waals surface area contributed by atoms with Crippen molar-refractivity contribution in [3.63, 3.8) is 0 Å². The van der Waals surface area contributed by atoms with E-state index in [0.717, 1.165) is 36.3 Å². The molecule has 1 aromatic carbocycles. The molecule has 0 aliphatic rings. The van der Waals surface area contributed by atoms with E-state index in [2.05, 4.69) is 33.3 Å². The molecule has 0 aliphatic carbocycles. The van der Waals surface area contributed by atoms with E-state index < -0.39 is 0 Å². The Hall–Kier alpha value is -1.33. The molecule has 2 rings (SSSR count). The minimum atomic E-state index is 0.615. The van der Waals surface area contributed by atoms with Gasteiger partial charge in [0.1, 0.15) is 12.4 Å². The average molecular weight is 338 g/mol. The molecule has 0 aliphatic heterocycles. The lowest BCUT2D eigenvalue weighted by Crippen LogP contribution is -2.19. The number of rotatable bonds is 8. The van der Waals surface area contributed by atoms with Crippen LogP contribution in [0.4, 0.5) is 0 Å². The Balaban J connectivity index is 1.79. The molecule has 2 aromatic rings. The Morgan fingerprint density at radius 3 is 2.80 bits per heavy atom. The monoisotopic (exact) mass is 337 g/mol. The van der Waals surface area contributed by atoms with Gasteiger partial charge in [0.05, 0.1) is 12.2 Å². The van der Waals surface area contributed by atoms with Crippen LogP contribution in [-0.2, 0) is 13.1 Å². The number of benzene rings is 1. The fourth-order valence-electron chi connectivity index (χ4n) is 1.89. The second-order valence-corrected chi connectivity index (χ2v) is 5.44. The summed E-state index contributed by atoms with van der Waals surface area (Å²) in [6, 6.07) is 9.91. The van der Waals surface area contributed by atoms with Gasteiger partial charge in [0.15, 0.2) is 0 Å². The van der Waals surface area contributed by atoms with Gasteiger partial charge in [-0.2, -0.15) is 5.10 Å². The molecule has 0 fully saturated rings. The van der Waals surface area contributed by atoms with E-state index in [0.29, 0.717) is 6.61 Å². The minimum Gasteiger partial charge on any atom is -0.492 e. The van der Waals surface area contributed by atoms with Gasteiger partial charge in [0.25, 0.3) is 0 Å². The molecule has 5 heteroatoms. The van der Waals surface area contributed by atoms with Crippen LogP contribution in [-0.4, -0.2) is 22.9 Å². The van der Waals surface area contributed by atoms with E-state index in [1.54, 1.807) is 0 Å². The van der Waals surface area contributed by atoms with Crippen LogP contribution in [0.3, 0.4) is 0 Å². The molecule has 0 radical (unpaired) electrons. The van der Waals surface area contributed by atoms with E-state index in [1.807, 2.05) is 41.2 Å². The van der Waals surface area contributed by atoms with Crippen LogP contribution in [0, 0.1) is 0 Å². The number of ether oxygens (including phenoxy) is 1. The summed E-state index contributed by atoms with van der Waals surface area (Å²) in [7, 11) is 0. The molecule has 0 saturated carbocycles. The van der Waals surface area contributed by atoms with E-state index in [9.17, 15) is 0 Å². The summed E-state index contributed by atoms with van der Waals surface area (Å²) in [6.45, 7) is 5.42. The van der Waals surface area contributed by atoms with Crippen LogP contribution in [0.2, 0.25) is 0 Å². The van der Waals surface area contributed by atoms with E-state index >= 15 is 0 Å². The standard InChI is InChI=1S/C15H20BrN3O/c1-2-8-17-12-14-7-9-18-19(14)10-11-20-15-5-3-13(16)4-6-15/h3-7,9,17H,2,8,10-12H2,1H3. The minimum absolute atomic E-state index is 0.615. The molecule has 0 saturated heterocycles. The highest BCUT2D eigenvalue weighted by Crippen LogP contribution is 2.16. The summed E-state index contributed by atoms with van der Waals surface area (Å²) in [5, 5.41) is 7.71. The fraction of sp³-hybridized carbons (Fsp3) is 0.400. The van der Waals surface area contributed by atoms with Gasteiger partial charge in [0, 0.05) is 17.2 Å². The van der Waals surface area contributed by atoms with Crippen molar-refractivity contribution < 1.29 is 4.74 Å². The molecular weight excluding hydrogens is 318 g/mol. The van der Waals surface area contributed by atoms with Crippen molar-refractivity contribution in [2.45, 2.75) is 26.4 Å². The number of hydrogen-bond acceptors (Lipinski definition) is 3. The maximum atomic E-state index is 5.71. The van der Waals surface area contributed by atoms with Crippen molar-refractivity contribution in [1.29, 1.82) is 0 Å². The molecule has 0 unspecified atom stereocenters. The predicted octanol–water partition coefficient (Wildman–Crippen LogP) is 3.22. The lowest BCUT2D eigenvalue weighted by atomic mass is 10.3. The van der Waals surface area contributed by atoms with E-state index in [1.165, 1.54) is 5.69 Å². The third kappa shape index (κ3) is 4.65. The molecule has 0 bridgehead atoms. The third-order valence-corrected chi connectivity index (χ3v) is 3.45. The maximum Gasteiger partial charge on any atom is 0.119 e. The normalized spacial score (nSPS) is 10.7. The first-order valence-corrected chi connectivity index (χ1v) is 7.68. The molecule has 1 N–H and O–H groups in total. The second-order valence-electron chi connectivity index (χ2n) is 4.52. The van der Waals surface area contributed by atoms with Crippen molar-refractivity contribution in [3.8, 4) is 5.75 Å². The topological polar surface area (TPSA) is 39.1 Å². The van der Waals surface area contributed by atoms with Gasteiger partial charge in [-0.25, -0.2) is 0 Å². The highest BCUT2D eigenvalue weighted by molar-refractivity contribution is 9.10.